The topological polar surface area (TPSA) is 42.9 Å². The van der Waals surface area contributed by atoms with Crippen molar-refractivity contribution in [3.8, 4) is 5.75 Å². The fraction of sp³-hybridized carbons (Fsp3) is 0.353. The van der Waals surface area contributed by atoms with Gasteiger partial charge in [0.2, 0.25) is 0 Å². The maximum absolute atomic E-state index is 5.98. The van der Waals surface area contributed by atoms with Crippen LogP contribution < -0.4 is 10.1 Å². The number of halogens is 1. The van der Waals surface area contributed by atoms with E-state index in [4.69, 9.17) is 9.47 Å². The third-order valence-electron chi connectivity index (χ3n) is 3.58. The molecule has 0 spiro atoms. The van der Waals surface area contributed by atoms with E-state index in [2.05, 4.69) is 50.5 Å². The molecule has 0 atom stereocenters. The van der Waals surface area contributed by atoms with Gasteiger partial charge in [-0.15, -0.1) is 0 Å². The van der Waals surface area contributed by atoms with Crippen molar-refractivity contribution in [2.24, 2.45) is 4.99 Å². The zero-order valence-corrected chi connectivity index (χ0v) is 14.1. The maximum atomic E-state index is 5.98. The number of amidine groups is 1. The summed E-state index contributed by atoms with van der Waals surface area (Å²) in [4.78, 5) is 4.53. The summed E-state index contributed by atoms with van der Waals surface area (Å²) >= 11 is 3.53. The van der Waals surface area contributed by atoms with E-state index in [-0.39, 0.29) is 0 Å². The first-order chi connectivity index (χ1) is 10.8. The molecule has 116 valence electrons. The molecule has 3 rings (SSSR count). The lowest BCUT2D eigenvalue weighted by atomic mass is 10.1. The number of aliphatic imine (C=N–C) groups is 1. The molecule has 2 aromatic rings. The van der Waals surface area contributed by atoms with Crippen molar-refractivity contribution in [2.45, 2.75) is 6.42 Å². The highest BCUT2D eigenvalue weighted by atomic mass is 79.9. The summed E-state index contributed by atoms with van der Waals surface area (Å²) in [7, 11) is 1.70. The molecule has 0 aliphatic carbocycles. The van der Waals surface area contributed by atoms with Gasteiger partial charge in [0.25, 0.3) is 0 Å². The Labute approximate surface area is 138 Å². The molecular formula is C17H19BrN2O2. The Morgan fingerprint density at radius 3 is 2.86 bits per heavy atom. The van der Waals surface area contributed by atoms with Gasteiger partial charge in [0.15, 0.2) is 0 Å². The maximum Gasteiger partial charge on any atom is 0.132 e. The lowest BCUT2D eigenvalue weighted by Gasteiger charge is -2.14. The van der Waals surface area contributed by atoms with E-state index in [1.165, 1.54) is 5.39 Å². The number of rotatable bonds is 6. The molecule has 0 saturated carbocycles. The average molecular weight is 363 g/mol. The summed E-state index contributed by atoms with van der Waals surface area (Å²) in [5, 5.41) is 5.66. The van der Waals surface area contributed by atoms with E-state index in [0.717, 1.165) is 46.5 Å². The first-order valence-electron chi connectivity index (χ1n) is 7.41. The Kier molecular flexibility index (Phi) is 4.95. The van der Waals surface area contributed by atoms with Crippen LogP contribution in [-0.2, 0) is 4.74 Å². The number of fused-ring (bicyclic) bond motifs is 1. The molecule has 1 heterocycles. The largest absolute Gasteiger partial charge is 0.493 e. The second-order valence-corrected chi connectivity index (χ2v) is 6.11. The summed E-state index contributed by atoms with van der Waals surface area (Å²) in [6, 6.07) is 10.5. The molecule has 0 unspecified atom stereocenters. The molecule has 0 fully saturated rings. The standard InChI is InChI=1S/C17H19BrN2O2/c1-21-7-2-8-22-16-11-12-3-4-14(18)9-13(12)10-15(16)17-19-5-6-20-17/h3-4,9-11H,2,5-8H2,1H3,(H,19,20). The van der Waals surface area contributed by atoms with Gasteiger partial charge in [0, 0.05) is 31.2 Å². The predicted octanol–water partition coefficient (Wildman–Crippen LogP) is 3.37. The van der Waals surface area contributed by atoms with E-state index < -0.39 is 0 Å². The van der Waals surface area contributed by atoms with Gasteiger partial charge in [-0.05, 0) is 35.0 Å². The number of nitrogens with zero attached hydrogens (tertiary/aromatic N) is 1. The molecule has 0 amide bonds. The molecule has 5 heteroatoms. The Balaban J connectivity index is 1.95. The lowest BCUT2D eigenvalue weighted by molar-refractivity contribution is 0.172. The normalized spacial score (nSPS) is 14.0. The summed E-state index contributed by atoms with van der Waals surface area (Å²) < 4.78 is 12.1. The third kappa shape index (κ3) is 3.42. The molecule has 22 heavy (non-hydrogen) atoms. The SMILES string of the molecule is COCCCOc1cc2ccc(Br)cc2cc1C1=NCCN1. The smallest absolute Gasteiger partial charge is 0.132 e. The van der Waals surface area contributed by atoms with Crippen LogP contribution in [-0.4, -0.2) is 39.2 Å². The van der Waals surface area contributed by atoms with Crippen molar-refractivity contribution in [1.29, 1.82) is 0 Å². The molecule has 4 nitrogen and oxygen atoms in total. The van der Waals surface area contributed by atoms with E-state index in [0.29, 0.717) is 13.2 Å². The fourth-order valence-electron chi connectivity index (χ4n) is 2.52. The number of hydrogen-bond donors (Lipinski definition) is 1. The van der Waals surface area contributed by atoms with Crippen LogP contribution in [0.2, 0.25) is 0 Å². The first-order valence-corrected chi connectivity index (χ1v) is 8.21. The Bertz CT molecular complexity index is 700. The van der Waals surface area contributed by atoms with E-state index in [1.807, 2.05) is 6.07 Å². The molecule has 1 N–H and O–H groups in total. The average Bonchev–Trinajstić information content (AvgIpc) is 3.05. The van der Waals surface area contributed by atoms with Crippen molar-refractivity contribution < 1.29 is 9.47 Å². The molecule has 2 aromatic carbocycles. The fourth-order valence-corrected chi connectivity index (χ4v) is 2.89. The van der Waals surface area contributed by atoms with Gasteiger partial charge >= 0.3 is 0 Å². The van der Waals surface area contributed by atoms with Crippen LogP contribution in [0.4, 0.5) is 0 Å². The quantitative estimate of drug-likeness (QED) is 0.801. The van der Waals surface area contributed by atoms with Crippen molar-refractivity contribution in [3.05, 3.63) is 40.4 Å². The van der Waals surface area contributed by atoms with Gasteiger partial charge in [0.1, 0.15) is 11.6 Å². The number of hydrogen-bond acceptors (Lipinski definition) is 4. The Morgan fingerprint density at radius 2 is 2.09 bits per heavy atom. The van der Waals surface area contributed by atoms with Crippen LogP contribution in [0, 0.1) is 0 Å². The van der Waals surface area contributed by atoms with Crippen LogP contribution in [0.25, 0.3) is 10.8 Å². The molecule has 0 bridgehead atoms. The van der Waals surface area contributed by atoms with Gasteiger partial charge in [-0.25, -0.2) is 0 Å². The van der Waals surface area contributed by atoms with Crippen LogP contribution in [0.3, 0.4) is 0 Å². The van der Waals surface area contributed by atoms with Gasteiger partial charge < -0.3 is 14.8 Å². The molecular weight excluding hydrogens is 344 g/mol. The minimum absolute atomic E-state index is 0.635. The van der Waals surface area contributed by atoms with Crippen molar-refractivity contribution in [2.75, 3.05) is 33.4 Å². The minimum Gasteiger partial charge on any atom is -0.493 e. The Hall–Kier alpha value is -1.59. The molecule has 0 saturated heterocycles. The van der Waals surface area contributed by atoms with E-state index in [9.17, 15) is 0 Å². The zero-order valence-electron chi connectivity index (χ0n) is 12.6. The van der Waals surface area contributed by atoms with Crippen molar-refractivity contribution in [1.82, 2.24) is 5.32 Å². The van der Waals surface area contributed by atoms with Crippen molar-refractivity contribution in [3.63, 3.8) is 0 Å². The monoisotopic (exact) mass is 362 g/mol. The van der Waals surface area contributed by atoms with Gasteiger partial charge in [-0.2, -0.15) is 0 Å². The van der Waals surface area contributed by atoms with Gasteiger partial charge in [0.05, 0.1) is 18.7 Å². The summed E-state index contributed by atoms with van der Waals surface area (Å²) in [5.41, 5.74) is 1.03. The number of nitrogens with one attached hydrogen (secondary N) is 1. The molecule has 1 aliphatic heterocycles. The number of methoxy groups -OCH3 is 1. The predicted molar refractivity (Wildman–Crippen MR) is 93.0 cm³/mol. The second kappa shape index (κ2) is 7.11. The summed E-state index contributed by atoms with van der Waals surface area (Å²) in [5.74, 6) is 1.79. The summed E-state index contributed by atoms with van der Waals surface area (Å²) in [6.07, 6.45) is 0.869. The van der Waals surface area contributed by atoms with Crippen LogP contribution in [0.1, 0.15) is 12.0 Å². The minimum atomic E-state index is 0.635. The molecule has 0 radical (unpaired) electrons. The van der Waals surface area contributed by atoms with E-state index >= 15 is 0 Å². The highest BCUT2D eigenvalue weighted by Gasteiger charge is 2.15. The van der Waals surface area contributed by atoms with Gasteiger partial charge in [-0.1, -0.05) is 22.0 Å². The third-order valence-corrected chi connectivity index (χ3v) is 4.07. The van der Waals surface area contributed by atoms with Crippen LogP contribution >= 0.6 is 15.9 Å². The number of ether oxygens (including phenoxy) is 2. The number of benzene rings is 2. The van der Waals surface area contributed by atoms with Crippen LogP contribution in [0.5, 0.6) is 5.75 Å². The van der Waals surface area contributed by atoms with Crippen LogP contribution in [0.15, 0.2) is 39.8 Å². The summed E-state index contributed by atoms with van der Waals surface area (Å²) in [6.45, 7) is 3.04. The first kappa shape index (κ1) is 15.3. The molecule has 0 aromatic heterocycles. The van der Waals surface area contributed by atoms with Gasteiger partial charge in [-0.3, -0.25) is 4.99 Å². The lowest BCUT2D eigenvalue weighted by Crippen LogP contribution is -2.20. The highest BCUT2D eigenvalue weighted by Crippen LogP contribution is 2.29. The zero-order chi connectivity index (χ0) is 15.4. The second-order valence-electron chi connectivity index (χ2n) is 5.19. The molecule has 1 aliphatic rings. The van der Waals surface area contributed by atoms with E-state index in [1.54, 1.807) is 7.11 Å². The van der Waals surface area contributed by atoms with Crippen molar-refractivity contribution >= 4 is 32.5 Å². The highest BCUT2D eigenvalue weighted by molar-refractivity contribution is 9.10. The Morgan fingerprint density at radius 1 is 1.18 bits per heavy atom.